The monoisotopic (exact) mass is 477 g/mol. The van der Waals surface area contributed by atoms with Gasteiger partial charge in [-0.05, 0) is 77.6 Å². The van der Waals surface area contributed by atoms with E-state index in [9.17, 15) is 0 Å². The summed E-state index contributed by atoms with van der Waals surface area (Å²) in [6.45, 7) is 6.59. The van der Waals surface area contributed by atoms with Gasteiger partial charge in [0.05, 0.1) is 0 Å². The molecule has 1 heteroatoms. The fourth-order valence-corrected chi connectivity index (χ4v) is 5.40. The second-order valence-corrected chi connectivity index (χ2v) is 10.1. The van der Waals surface area contributed by atoms with Crippen molar-refractivity contribution in [3.05, 3.63) is 160 Å². The largest absolute Gasteiger partial charge is 0.311 e. The van der Waals surface area contributed by atoms with Crippen LogP contribution < -0.4 is 4.90 Å². The van der Waals surface area contributed by atoms with Crippen molar-refractivity contribution in [3.63, 3.8) is 0 Å². The number of nitrogens with zero attached hydrogens (tertiary/aromatic N) is 1. The molecule has 1 atom stereocenters. The average molecular weight is 478 g/mol. The van der Waals surface area contributed by atoms with Gasteiger partial charge in [0.15, 0.2) is 0 Å². The molecule has 0 N–H and O–H groups in total. The Morgan fingerprint density at radius 2 is 1.03 bits per heavy atom. The summed E-state index contributed by atoms with van der Waals surface area (Å²) in [6, 6.07) is 35.1. The lowest BCUT2D eigenvalue weighted by atomic mass is 9.82. The van der Waals surface area contributed by atoms with Crippen molar-refractivity contribution in [2.45, 2.75) is 20.8 Å². The summed E-state index contributed by atoms with van der Waals surface area (Å²) in [4.78, 5) is 2.36. The molecule has 4 aromatic rings. The maximum Gasteiger partial charge on any atom is 0.0461 e. The molecule has 1 unspecified atom stereocenters. The van der Waals surface area contributed by atoms with Gasteiger partial charge in [-0.15, -0.1) is 0 Å². The van der Waals surface area contributed by atoms with Crippen molar-refractivity contribution in [1.82, 2.24) is 0 Å². The molecule has 4 aromatic carbocycles. The summed E-state index contributed by atoms with van der Waals surface area (Å²) in [5.74, 6) is 0.243. The first-order valence-corrected chi connectivity index (χ1v) is 13.0. The first kappa shape index (κ1) is 23.1. The van der Waals surface area contributed by atoms with Gasteiger partial charge in [0, 0.05) is 23.0 Å². The fraction of sp³-hybridized carbons (Fsp3) is 0.111. The molecule has 37 heavy (non-hydrogen) atoms. The van der Waals surface area contributed by atoms with Crippen LogP contribution in [0.15, 0.2) is 127 Å². The minimum atomic E-state index is 0.243. The van der Waals surface area contributed by atoms with E-state index in [4.69, 9.17) is 0 Å². The standard InChI is InChI=1S/C36H31N/c1-25-12-18-30(19-13-25)37(31-20-14-26(2)15-21-31)32-22-23-33(27(3)24-32)36-34-10-6-4-8-28(34)16-17-29-9-5-7-11-35(29)36/h4-24,27H,1-3H3. The van der Waals surface area contributed by atoms with Crippen molar-refractivity contribution in [1.29, 1.82) is 0 Å². The Morgan fingerprint density at radius 3 is 1.51 bits per heavy atom. The van der Waals surface area contributed by atoms with Crippen LogP contribution in [0.4, 0.5) is 11.4 Å². The zero-order valence-electron chi connectivity index (χ0n) is 21.6. The van der Waals surface area contributed by atoms with E-state index < -0.39 is 0 Å². The van der Waals surface area contributed by atoms with Crippen LogP contribution in [0.3, 0.4) is 0 Å². The highest BCUT2D eigenvalue weighted by Crippen LogP contribution is 2.41. The van der Waals surface area contributed by atoms with Gasteiger partial charge >= 0.3 is 0 Å². The fourth-order valence-electron chi connectivity index (χ4n) is 5.40. The molecule has 1 nitrogen and oxygen atoms in total. The zero-order valence-corrected chi connectivity index (χ0v) is 21.6. The molecule has 6 rings (SSSR count). The van der Waals surface area contributed by atoms with E-state index in [0.29, 0.717) is 0 Å². The Balaban J connectivity index is 1.49. The van der Waals surface area contributed by atoms with Gasteiger partial charge in [0.2, 0.25) is 0 Å². The topological polar surface area (TPSA) is 3.24 Å². The van der Waals surface area contributed by atoms with E-state index in [-0.39, 0.29) is 5.92 Å². The molecule has 0 spiro atoms. The first-order chi connectivity index (χ1) is 18.1. The van der Waals surface area contributed by atoms with Gasteiger partial charge < -0.3 is 4.90 Å². The number of aryl methyl sites for hydroxylation is 2. The molecule has 180 valence electrons. The van der Waals surface area contributed by atoms with E-state index in [2.05, 4.69) is 153 Å². The molecule has 0 saturated heterocycles. The Kier molecular flexibility index (Phi) is 5.98. The molecule has 0 aliphatic heterocycles. The van der Waals surface area contributed by atoms with Crippen molar-refractivity contribution >= 4 is 29.1 Å². The number of allylic oxidation sites excluding steroid dienone is 4. The van der Waals surface area contributed by atoms with Gasteiger partial charge in [0.1, 0.15) is 0 Å². The van der Waals surface area contributed by atoms with E-state index in [0.717, 1.165) is 0 Å². The molecule has 2 aliphatic rings. The third-order valence-corrected chi connectivity index (χ3v) is 7.38. The van der Waals surface area contributed by atoms with Crippen molar-refractivity contribution in [2.24, 2.45) is 5.92 Å². The number of benzene rings is 4. The summed E-state index contributed by atoms with van der Waals surface area (Å²) in [5.41, 5.74) is 13.8. The Labute approximate surface area is 220 Å². The van der Waals surface area contributed by atoms with Crippen LogP contribution in [0.2, 0.25) is 0 Å². The van der Waals surface area contributed by atoms with Crippen LogP contribution in [0.25, 0.3) is 17.7 Å². The molecule has 0 saturated carbocycles. The Bertz CT molecular complexity index is 1480. The molecule has 0 bridgehead atoms. The molecule has 0 radical (unpaired) electrons. The predicted molar refractivity (Wildman–Crippen MR) is 159 cm³/mol. The van der Waals surface area contributed by atoms with Gasteiger partial charge in [-0.3, -0.25) is 0 Å². The van der Waals surface area contributed by atoms with Gasteiger partial charge in [0.25, 0.3) is 0 Å². The smallest absolute Gasteiger partial charge is 0.0461 e. The normalized spacial score (nSPS) is 16.1. The molecule has 0 heterocycles. The SMILES string of the molecule is Cc1ccc(N(C2=CC(C)C(=C3c4ccccc4C=Cc4ccccc43)C=C2)c2ccc(C)cc2)cc1. The highest BCUT2D eigenvalue weighted by Gasteiger charge is 2.24. The lowest BCUT2D eigenvalue weighted by Crippen LogP contribution is -2.18. The Morgan fingerprint density at radius 1 is 0.541 bits per heavy atom. The summed E-state index contributed by atoms with van der Waals surface area (Å²) in [7, 11) is 0. The number of hydrogen-bond acceptors (Lipinski definition) is 1. The first-order valence-electron chi connectivity index (χ1n) is 13.0. The quantitative estimate of drug-likeness (QED) is 0.250. The molecule has 2 aliphatic carbocycles. The van der Waals surface area contributed by atoms with E-state index in [1.165, 1.54) is 61.6 Å². The molecule has 0 aromatic heterocycles. The third-order valence-electron chi connectivity index (χ3n) is 7.38. The van der Waals surface area contributed by atoms with Gasteiger partial charge in [-0.1, -0.05) is 115 Å². The molecule has 0 amide bonds. The highest BCUT2D eigenvalue weighted by molar-refractivity contribution is 5.96. The minimum Gasteiger partial charge on any atom is -0.311 e. The Hall–Kier alpha value is -4.36. The van der Waals surface area contributed by atoms with Gasteiger partial charge in [-0.2, -0.15) is 0 Å². The van der Waals surface area contributed by atoms with Crippen LogP contribution >= 0.6 is 0 Å². The number of rotatable bonds is 3. The maximum atomic E-state index is 2.41. The number of fused-ring (bicyclic) bond motifs is 2. The second kappa shape index (κ2) is 9.59. The number of anilines is 2. The van der Waals surface area contributed by atoms with Crippen molar-refractivity contribution < 1.29 is 0 Å². The van der Waals surface area contributed by atoms with Crippen LogP contribution in [0.5, 0.6) is 0 Å². The lowest BCUT2D eigenvalue weighted by molar-refractivity contribution is 0.868. The lowest BCUT2D eigenvalue weighted by Gasteiger charge is -2.30. The van der Waals surface area contributed by atoms with Gasteiger partial charge in [-0.25, -0.2) is 0 Å². The summed E-state index contributed by atoms with van der Waals surface area (Å²) < 4.78 is 0. The van der Waals surface area contributed by atoms with Crippen LogP contribution in [-0.2, 0) is 0 Å². The molecule has 0 fully saturated rings. The minimum absolute atomic E-state index is 0.243. The molecular weight excluding hydrogens is 446 g/mol. The average Bonchev–Trinajstić information content (AvgIpc) is 3.08. The van der Waals surface area contributed by atoms with Crippen LogP contribution in [0, 0.1) is 19.8 Å². The van der Waals surface area contributed by atoms with Crippen LogP contribution in [0.1, 0.15) is 40.3 Å². The summed E-state index contributed by atoms with van der Waals surface area (Å²) in [6.07, 6.45) is 11.5. The van der Waals surface area contributed by atoms with Crippen molar-refractivity contribution in [2.75, 3.05) is 4.90 Å². The number of hydrogen-bond donors (Lipinski definition) is 0. The zero-order chi connectivity index (χ0) is 25.4. The predicted octanol–water partition coefficient (Wildman–Crippen LogP) is 9.52. The van der Waals surface area contributed by atoms with Crippen molar-refractivity contribution in [3.8, 4) is 0 Å². The summed E-state index contributed by atoms with van der Waals surface area (Å²) >= 11 is 0. The van der Waals surface area contributed by atoms with E-state index >= 15 is 0 Å². The molecular formula is C36H31N. The summed E-state index contributed by atoms with van der Waals surface area (Å²) in [5, 5.41) is 0. The third kappa shape index (κ3) is 4.38. The highest BCUT2D eigenvalue weighted by atomic mass is 15.1. The van der Waals surface area contributed by atoms with E-state index in [1.807, 2.05) is 0 Å². The van der Waals surface area contributed by atoms with E-state index in [1.54, 1.807) is 0 Å². The van der Waals surface area contributed by atoms with Crippen LogP contribution in [-0.4, -0.2) is 0 Å². The maximum absolute atomic E-state index is 2.41. The second-order valence-electron chi connectivity index (χ2n) is 10.1.